The Morgan fingerprint density at radius 2 is 1.41 bits per heavy atom. The third-order valence-corrected chi connectivity index (χ3v) is 7.49. The first-order valence-corrected chi connectivity index (χ1v) is 11.0. The van der Waals surface area contributed by atoms with Gasteiger partial charge in [-0.25, -0.2) is 0 Å². The standard InChI is InChI=1S/C19H30N4O3S/c1-17-3-5-18(6-4-17)7-8-19(24)21-11-15-23(16-12-21)27(25,26)22-13-9-20(2)10-14-22/h3-6H,7-16H2,1-2H3. The molecule has 0 unspecified atom stereocenters. The van der Waals surface area contributed by atoms with Crippen LogP contribution >= 0.6 is 0 Å². The smallest absolute Gasteiger partial charge is 0.282 e. The second kappa shape index (κ2) is 8.68. The fourth-order valence-electron chi connectivity index (χ4n) is 3.51. The van der Waals surface area contributed by atoms with Crippen molar-refractivity contribution in [3.8, 4) is 0 Å². The molecule has 2 aliphatic heterocycles. The first kappa shape index (κ1) is 20.3. The normalized spacial score (nSPS) is 20.7. The molecule has 0 aliphatic carbocycles. The number of piperazine rings is 2. The van der Waals surface area contributed by atoms with Gasteiger partial charge in [0.25, 0.3) is 10.2 Å². The van der Waals surface area contributed by atoms with Crippen molar-refractivity contribution in [3.05, 3.63) is 35.4 Å². The number of hydrogen-bond acceptors (Lipinski definition) is 4. The molecule has 2 fully saturated rings. The van der Waals surface area contributed by atoms with Crippen molar-refractivity contribution in [3.63, 3.8) is 0 Å². The molecule has 0 spiro atoms. The van der Waals surface area contributed by atoms with Crippen molar-refractivity contribution in [2.75, 3.05) is 59.4 Å². The average molecular weight is 395 g/mol. The molecule has 1 aromatic carbocycles. The summed E-state index contributed by atoms with van der Waals surface area (Å²) in [6, 6.07) is 8.23. The molecule has 0 N–H and O–H groups in total. The van der Waals surface area contributed by atoms with Crippen LogP contribution in [-0.2, 0) is 21.4 Å². The van der Waals surface area contributed by atoms with Crippen molar-refractivity contribution < 1.29 is 13.2 Å². The first-order valence-electron chi connectivity index (χ1n) is 9.63. The fraction of sp³-hybridized carbons (Fsp3) is 0.632. The molecule has 8 heteroatoms. The second-order valence-corrected chi connectivity index (χ2v) is 9.40. The van der Waals surface area contributed by atoms with Crippen LogP contribution in [0.15, 0.2) is 24.3 Å². The summed E-state index contributed by atoms with van der Waals surface area (Å²) in [6.45, 7) is 6.34. The van der Waals surface area contributed by atoms with E-state index in [9.17, 15) is 13.2 Å². The molecule has 150 valence electrons. The average Bonchev–Trinajstić information content (AvgIpc) is 2.68. The van der Waals surface area contributed by atoms with Gasteiger partial charge < -0.3 is 9.80 Å². The molecule has 1 amide bonds. The summed E-state index contributed by atoms with van der Waals surface area (Å²) in [7, 11) is -1.41. The van der Waals surface area contributed by atoms with Gasteiger partial charge in [-0.2, -0.15) is 17.0 Å². The number of carbonyl (C=O) groups excluding carboxylic acids is 1. The lowest BCUT2D eigenvalue weighted by Crippen LogP contribution is -2.57. The summed E-state index contributed by atoms with van der Waals surface area (Å²) < 4.78 is 28.7. The summed E-state index contributed by atoms with van der Waals surface area (Å²) in [5.41, 5.74) is 2.37. The number of hydrogen-bond donors (Lipinski definition) is 0. The highest BCUT2D eigenvalue weighted by atomic mass is 32.2. The van der Waals surface area contributed by atoms with E-state index in [4.69, 9.17) is 0 Å². The Morgan fingerprint density at radius 1 is 0.889 bits per heavy atom. The number of nitrogens with zero attached hydrogens (tertiary/aromatic N) is 4. The van der Waals surface area contributed by atoms with E-state index in [1.54, 1.807) is 9.21 Å². The van der Waals surface area contributed by atoms with Gasteiger partial charge in [0.1, 0.15) is 0 Å². The Bertz CT molecular complexity index is 735. The monoisotopic (exact) mass is 394 g/mol. The van der Waals surface area contributed by atoms with Crippen LogP contribution in [0.2, 0.25) is 0 Å². The lowest BCUT2D eigenvalue weighted by molar-refractivity contribution is -0.132. The van der Waals surface area contributed by atoms with Crippen molar-refractivity contribution in [2.24, 2.45) is 0 Å². The van der Waals surface area contributed by atoms with Gasteiger partial charge in [0.2, 0.25) is 5.91 Å². The van der Waals surface area contributed by atoms with Gasteiger partial charge in [0.15, 0.2) is 0 Å². The first-order chi connectivity index (χ1) is 12.9. The highest BCUT2D eigenvalue weighted by Gasteiger charge is 2.34. The molecular formula is C19H30N4O3S. The topological polar surface area (TPSA) is 64.2 Å². The molecule has 0 radical (unpaired) electrons. The lowest BCUT2D eigenvalue weighted by atomic mass is 10.1. The van der Waals surface area contributed by atoms with Crippen LogP contribution in [0.25, 0.3) is 0 Å². The maximum Gasteiger partial charge on any atom is 0.282 e. The van der Waals surface area contributed by atoms with E-state index in [-0.39, 0.29) is 5.91 Å². The molecule has 1 aromatic rings. The van der Waals surface area contributed by atoms with Crippen LogP contribution in [0, 0.1) is 6.92 Å². The minimum atomic E-state index is -3.41. The highest BCUT2D eigenvalue weighted by Crippen LogP contribution is 2.15. The summed E-state index contributed by atoms with van der Waals surface area (Å²) in [5.74, 6) is 0.104. The molecule has 2 saturated heterocycles. The molecule has 3 rings (SSSR count). The van der Waals surface area contributed by atoms with Gasteiger partial charge in [-0.1, -0.05) is 29.8 Å². The second-order valence-electron chi connectivity index (χ2n) is 7.48. The van der Waals surface area contributed by atoms with Gasteiger partial charge in [-0.3, -0.25) is 4.79 Å². The maximum atomic E-state index is 12.8. The highest BCUT2D eigenvalue weighted by molar-refractivity contribution is 7.86. The van der Waals surface area contributed by atoms with Gasteiger partial charge in [0, 0.05) is 58.8 Å². The molecular weight excluding hydrogens is 364 g/mol. The Kier molecular flexibility index (Phi) is 6.52. The largest absolute Gasteiger partial charge is 0.340 e. The lowest BCUT2D eigenvalue weighted by Gasteiger charge is -2.39. The zero-order chi connectivity index (χ0) is 19.4. The van der Waals surface area contributed by atoms with E-state index in [1.807, 2.05) is 14.0 Å². The SMILES string of the molecule is Cc1ccc(CCC(=O)N2CCN(S(=O)(=O)N3CCN(C)CC3)CC2)cc1. The number of rotatable bonds is 5. The van der Waals surface area contributed by atoms with Crippen LogP contribution in [-0.4, -0.2) is 92.1 Å². The quantitative estimate of drug-likeness (QED) is 0.732. The molecule has 2 aliphatic rings. The van der Waals surface area contributed by atoms with E-state index in [1.165, 1.54) is 9.87 Å². The summed E-state index contributed by atoms with van der Waals surface area (Å²) in [4.78, 5) is 16.4. The van der Waals surface area contributed by atoms with E-state index in [0.29, 0.717) is 45.7 Å². The molecule has 27 heavy (non-hydrogen) atoms. The van der Waals surface area contributed by atoms with Gasteiger partial charge in [-0.15, -0.1) is 0 Å². The Hall–Kier alpha value is -1.48. The summed E-state index contributed by atoms with van der Waals surface area (Å²) in [5, 5.41) is 0. The third kappa shape index (κ3) is 5.07. The number of amides is 1. The van der Waals surface area contributed by atoms with Gasteiger partial charge >= 0.3 is 0 Å². The Morgan fingerprint density at radius 3 is 1.96 bits per heavy atom. The number of carbonyl (C=O) groups is 1. The molecule has 0 aromatic heterocycles. The fourth-order valence-corrected chi connectivity index (χ4v) is 5.09. The van der Waals surface area contributed by atoms with Crippen LogP contribution in [0.4, 0.5) is 0 Å². The molecule has 0 atom stereocenters. The number of likely N-dealkylation sites (N-methyl/N-ethyl adjacent to an activating group) is 1. The predicted molar refractivity (Wildman–Crippen MR) is 106 cm³/mol. The zero-order valence-electron chi connectivity index (χ0n) is 16.3. The van der Waals surface area contributed by atoms with Crippen molar-refractivity contribution in [1.29, 1.82) is 0 Å². The molecule has 0 saturated carbocycles. The van der Waals surface area contributed by atoms with E-state index in [0.717, 1.165) is 25.1 Å². The molecule has 2 heterocycles. The van der Waals surface area contributed by atoms with Crippen LogP contribution in [0.5, 0.6) is 0 Å². The Labute approximate surface area is 162 Å². The number of aryl methyl sites for hydroxylation is 2. The van der Waals surface area contributed by atoms with E-state index < -0.39 is 10.2 Å². The zero-order valence-corrected chi connectivity index (χ0v) is 17.1. The van der Waals surface area contributed by atoms with E-state index >= 15 is 0 Å². The predicted octanol–water partition coefficient (Wildman–Crippen LogP) is 0.564. The van der Waals surface area contributed by atoms with Crippen molar-refractivity contribution >= 4 is 16.1 Å². The van der Waals surface area contributed by atoms with Crippen molar-refractivity contribution in [1.82, 2.24) is 18.4 Å². The van der Waals surface area contributed by atoms with Crippen molar-refractivity contribution in [2.45, 2.75) is 19.8 Å². The van der Waals surface area contributed by atoms with Crippen LogP contribution in [0.1, 0.15) is 17.5 Å². The van der Waals surface area contributed by atoms with Gasteiger partial charge in [-0.05, 0) is 26.0 Å². The summed E-state index contributed by atoms with van der Waals surface area (Å²) >= 11 is 0. The number of benzene rings is 1. The maximum absolute atomic E-state index is 12.8. The minimum absolute atomic E-state index is 0.104. The molecule has 0 bridgehead atoms. The van der Waals surface area contributed by atoms with Crippen LogP contribution < -0.4 is 0 Å². The minimum Gasteiger partial charge on any atom is -0.340 e. The summed E-state index contributed by atoms with van der Waals surface area (Å²) in [6.07, 6.45) is 1.19. The Balaban J connectivity index is 1.47. The molecule has 7 nitrogen and oxygen atoms in total. The van der Waals surface area contributed by atoms with Gasteiger partial charge in [0.05, 0.1) is 0 Å². The van der Waals surface area contributed by atoms with E-state index in [2.05, 4.69) is 29.2 Å². The third-order valence-electron chi connectivity index (χ3n) is 5.45. The van der Waals surface area contributed by atoms with Crippen LogP contribution in [0.3, 0.4) is 0 Å².